The Morgan fingerprint density at radius 1 is 1.40 bits per heavy atom. The van der Waals surface area contributed by atoms with Gasteiger partial charge in [-0.2, -0.15) is 5.10 Å². The highest BCUT2D eigenvalue weighted by Crippen LogP contribution is 2.47. The first kappa shape index (κ1) is 17.2. The second kappa shape index (κ2) is 5.45. The Labute approximate surface area is 144 Å². The van der Waals surface area contributed by atoms with E-state index in [9.17, 15) is 19.8 Å². The van der Waals surface area contributed by atoms with Crippen molar-refractivity contribution in [3.8, 4) is 0 Å². The van der Waals surface area contributed by atoms with Crippen LogP contribution in [0.1, 0.15) is 54.3 Å². The largest absolute Gasteiger partial charge is 0.478 e. The van der Waals surface area contributed by atoms with Crippen LogP contribution in [0.15, 0.2) is 18.5 Å². The van der Waals surface area contributed by atoms with Crippen LogP contribution in [0.4, 0.5) is 5.69 Å². The van der Waals surface area contributed by atoms with Gasteiger partial charge in [0.1, 0.15) is 0 Å². The molecule has 2 aromatic heterocycles. The fourth-order valence-corrected chi connectivity index (χ4v) is 3.42. The van der Waals surface area contributed by atoms with Crippen LogP contribution in [0.5, 0.6) is 0 Å². The highest BCUT2D eigenvalue weighted by atomic mass is 16.4. The van der Waals surface area contributed by atoms with Gasteiger partial charge in [0.05, 0.1) is 34.1 Å². The second-order valence-electron chi connectivity index (χ2n) is 7.39. The van der Waals surface area contributed by atoms with Gasteiger partial charge in [0, 0.05) is 17.7 Å². The van der Waals surface area contributed by atoms with Crippen molar-refractivity contribution in [3.63, 3.8) is 0 Å². The Hall–Kier alpha value is -2.61. The second-order valence-corrected chi connectivity index (χ2v) is 7.39. The van der Waals surface area contributed by atoms with Crippen LogP contribution in [0.3, 0.4) is 0 Å². The van der Waals surface area contributed by atoms with Crippen molar-refractivity contribution in [2.75, 3.05) is 5.32 Å². The number of carbonyl (C=O) groups is 2. The van der Waals surface area contributed by atoms with Gasteiger partial charge in [-0.3, -0.25) is 4.79 Å². The molecule has 1 aliphatic rings. The summed E-state index contributed by atoms with van der Waals surface area (Å²) in [5.41, 5.74) is 5.31. The van der Waals surface area contributed by atoms with E-state index in [-0.39, 0.29) is 17.2 Å². The standard InChI is InChI=1S/C17H22N4O4/c1-16(2)12(4-5-17(16,3)25)20-13-10(14(18)22)7-19-21-8-9(15(23)24)6-11(13)21/h6-8,12,20,25H,4-5H2,1-3H3,(H2,18,22)(H,23,24). The van der Waals surface area contributed by atoms with Gasteiger partial charge < -0.3 is 21.3 Å². The Bertz CT molecular complexity index is 869. The molecule has 1 aliphatic carbocycles. The molecule has 2 heterocycles. The molecule has 2 atom stereocenters. The minimum Gasteiger partial charge on any atom is -0.478 e. The third kappa shape index (κ3) is 2.62. The van der Waals surface area contributed by atoms with Crippen LogP contribution in [0.2, 0.25) is 0 Å². The predicted molar refractivity (Wildman–Crippen MR) is 91.7 cm³/mol. The average Bonchev–Trinajstić information content (AvgIpc) is 3.02. The summed E-state index contributed by atoms with van der Waals surface area (Å²) in [6, 6.07) is 1.33. The van der Waals surface area contributed by atoms with Crippen LogP contribution < -0.4 is 11.1 Å². The van der Waals surface area contributed by atoms with E-state index in [2.05, 4.69) is 10.4 Å². The number of carbonyl (C=O) groups excluding carboxylic acids is 1. The van der Waals surface area contributed by atoms with Crippen molar-refractivity contribution in [1.82, 2.24) is 9.61 Å². The summed E-state index contributed by atoms with van der Waals surface area (Å²) in [6.45, 7) is 5.72. The number of rotatable bonds is 4. The molecular weight excluding hydrogens is 324 g/mol. The Morgan fingerprint density at radius 3 is 2.60 bits per heavy atom. The predicted octanol–water partition coefficient (Wildman–Crippen LogP) is 1.48. The summed E-state index contributed by atoms with van der Waals surface area (Å²) in [7, 11) is 0. The molecule has 0 saturated heterocycles. The number of nitrogens with two attached hydrogens (primary N) is 1. The zero-order chi connectivity index (χ0) is 18.6. The molecule has 0 bridgehead atoms. The van der Waals surface area contributed by atoms with E-state index in [1.807, 2.05) is 13.8 Å². The molecule has 0 aromatic carbocycles. The van der Waals surface area contributed by atoms with E-state index in [0.29, 0.717) is 24.0 Å². The van der Waals surface area contributed by atoms with Crippen LogP contribution in [-0.4, -0.2) is 43.3 Å². The van der Waals surface area contributed by atoms with Crippen LogP contribution in [-0.2, 0) is 0 Å². The molecule has 2 aromatic rings. The van der Waals surface area contributed by atoms with Gasteiger partial charge in [0.15, 0.2) is 0 Å². The molecule has 1 saturated carbocycles. The lowest BCUT2D eigenvalue weighted by atomic mass is 9.76. The van der Waals surface area contributed by atoms with E-state index >= 15 is 0 Å². The van der Waals surface area contributed by atoms with Gasteiger partial charge in [-0.25, -0.2) is 9.31 Å². The highest BCUT2D eigenvalue weighted by Gasteiger charge is 2.50. The summed E-state index contributed by atoms with van der Waals surface area (Å²) < 4.78 is 1.40. The van der Waals surface area contributed by atoms with Crippen molar-refractivity contribution in [2.45, 2.75) is 45.3 Å². The molecule has 2 unspecified atom stereocenters. The number of hydrogen-bond acceptors (Lipinski definition) is 5. The van der Waals surface area contributed by atoms with Crippen molar-refractivity contribution in [2.24, 2.45) is 11.1 Å². The first-order valence-corrected chi connectivity index (χ1v) is 8.08. The van der Waals surface area contributed by atoms with Gasteiger partial charge in [-0.15, -0.1) is 0 Å². The van der Waals surface area contributed by atoms with Gasteiger partial charge in [-0.1, -0.05) is 13.8 Å². The van der Waals surface area contributed by atoms with Crippen molar-refractivity contribution >= 4 is 23.1 Å². The molecule has 1 amide bonds. The minimum atomic E-state index is -1.08. The zero-order valence-electron chi connectivity index (χ0n) is 14.4. The maximum absolute atomic E-state index is 11.8. The lowest BCUT2D eigenvalue weighted by Gasteiger charge is -2.38. The lowest BCUT2D eigenvalue weighted by Crippen LogP contribution is -2.45. The maximum atomic E-state index is 11.8. The lowest BCUT2D eigenvalue weighted by molar-refractivity contribution is -0.0283. The molecule has 0 spiro atoms. The number of aromatic carboxylic acids is 1. The minimum absolute atomic E-state index is 0.0647. The molecule has 1 fully saturated rings. The third-order valence-corrected chi connectivity index (χ3v) is 5.65. The van der Waals surface area contributed by atoms with Gasteiger partial charge in [0.25, 0.3) is 5.91 Å². The Kier molecular flexibility index (Phi) is 3.75. The molecule has 8 nitrogen and oxygen atoms in total. The number of amides is 1. The molecule has 5 N–H and O–H groups in total. The van der Waals surface area contributed by atoms with E-state index in [1.54, 1.807) is 6.92 Å². The number of primary amides is 1. The van der Waals surface area contributed by atoms with E-state index in [1.165, 1.54) is 23.0 Å². The number of carboxylic acid groups (broad SMARTS) is 1. The number of anilines is 1. The molecule has 0 aliphatic heterocycles. The molecule has 134 valence electrons. The first-order valence-electron chi connectivity index (χ1n) is 8.08. The molecule has 8 heteroatoms. The quantitative estimate of drug-likeness (QED) is 0.663. The van der Waals surface area contributed by atoms with Gasteiger partial charge in [0.2, 0.25) is 0 Å². The topological polar surface area (TPSA) is 130 Å². The average molecular weight is 346 g/mol. The highest BCUT2D eigenvalue weighted by molar-refractivity contribution is 6.03. The molecule has 25 heavy (non-hydrogen) atoms. The summed E-state index contributed by atoms with van der Waals surface area (Å²) in [5.74, 6) is -1.74. The fraction of sp³-hybridized carbons (Fsp3) is 0.471. The van der Waals surface area contributed by atoms with E-state index in [4.69, 9.17) is 5.73 Å². The summed E-state index contributed by atoms with van der Waals surface area (Å²) in [6.07, 6.45) is 4.03. The number of aliphatic hydroxyl groups is 1. The summed E-state index contributed by atoms with van der Waals surface area (Å²) >= 11 is 0. The first-order chi connectivity index (χ1) is 11.5. The number of fused-ring (bicyclic) bond motifs is 1. The number of aromatic nitrogens is 2. The Morgan fingerprint density at radius 2 is 2.08 bits per heavy atom. The van der Waals surface area contributed by atoms with Gasteiger partial charge >= 0.3 is 5.97 Å². The maximum Gasteiger partial charge on any atom is 0.337 e. The SMILES string of the molecule is CC1(O)CCC(Nc2c(C(N)=O)cnn3cc(C(=O)O)cc23)C1(C)C. The van der Waals surface area contributed by atoms with E-state index < -0.39 is 22.9 Å². The van der Waals surface area contributed by atoms with Crippen LogP contribution >= 0.6 is 0 Å². The summed E-state index contributed by atoms with van der Waals surface area (Å²) in [5, 5.41) is 27.2. The number of carboxylic acids is 1. The van der Waals surface area contributed by atoms with Gasteiger partial charge in [-0.05, 0) is 25.8 Å². The monoisotopic (exact) mass is 346 g/mol. The number of nitrogens with one attached hydrogen (secondary N) is 1. The number of nitrogens with zero attached hydrogens (tertiary/aromatic N) is 2. The van der Waals surface area contributed by atoms with Crippen molar-refractivity contribution in [1.29, 1.82) is 0 Å². The molecule has 3 rings (SSSR count). The van der Waals surface area contributed by atoms with Crippen molar-refractivity contribution < 1.29 is 19.8 Å². The van der Waals surface area contributed by atoms with Crippen molar-refractivity contribution in [3.05, 3.63) is 29.6 Å². The fourth-order valence-electron chi connectivity index (χ4n) is 3.42. The Balaban J connectivity index is 2.12. The summed E-state index contributed by atoms with van der Waals surface area (Å²) in [4.78, 5) is 23.1. The van der Waals surface area contributed by atoms with E-state index in [0.717, 1.165) is 0 Å². The molecule has 0 radical (unpaired) electrons. The zero-order valence-corrected chi connectivity index (χ0v) is 14.4. The smallest absolute Gasteiger partial charge is 0.337 e. The third-order valence-electron chi connectivity index (χ3n) is 5.65. The number of hydrogen-bond donors (Lipinski definition) is 4. The van der Waals surface area contributed by atoms with Crippen LogP contribution in [0.25, 0.3) is 5.52 Å². The molecular formula is C17H22N4O4. The van der Waals surface area contributed by atoms with Crippen LogP contribution in [0, 0.1) is 5.41 Å². The normalized spacial score (nSPS) is 25.2.